The summed E-state index contributed by atoms with van der Waals surface area (Å²) in [6, 6.07) is 16.6. The first-order valence-corrected chi connectivity index (χ1v) is 9.08. The van der Waals surface area contributed by atoms with Gasteiger partial charge in [-0.1, -0.05) is 18.2 Å². The maximum atomic E-state index is 12.0. The lowest BCUT2D eigenvalue weighted by Gasteiger charge is -2.14. The van der Waals surface area contributed by atoms with E-state index in [0.717, 1.165) is 5.75 Å². The molecule has 0 aliphatic heterocycles. The molecule has 0 aliphatic carbocycles. The van der Waals surface area contributed by atoms with Crippen LogP contribution in [0.3, 0.4) is 0 Å². The number of hydrogen-bond acceptors (Lipinski definition) is 5. The van der Waals surface area contributed by atoms with Gasteiger partial charge in [0.15, 0.2) is 0 Å². The van der Waals surface area contributed by atoms with E-state index in [0.29, 0.717) is 30.1 Å². The minimum atomic E-state index is -0.659. The van der Waals surface area contributed by atoms with Gasteiger partial charge in [0.2, 0.25) is 5.91 Å². The van der Waals surface area contributed by atoms with Crippen molar-refractivity contribution >= 4 is 17.6 Å². The van der Waals surface area contributed by atoms with Crippen molar-refractivity contribution in [3.63, 3.8) is 0 Å². The zero-order chi connectivity index (χ0) is 21.0. The SMILES string of the molecule is CC(=O)N(C)CCn1nc(-c2ccc(Oc3ccccc3)cc2)c(C(N)=O)c1N. The number of ether oxygens (including phenoxy) is 1. The van der Waals surface area contributed by atoms with E-state index < -0.39 is 5.91 Å². The first-order valence-electron chi connectivity index (χ1n) is 9.08. The van der Waals surface area contributed by atoms with Crippen molar-refractivity contribution in [2.75, 3.05) is 19.3 Å². The van der Waals surface area contributed by atoms with Gasteiger partial charge in [0, 0.05) is 26.1 Å². The number of aromatic nitrogens is 2. The summed E-state index contributed by atoms with van der Waals surface area (Å²) < 4.78 is 7.27. The van der Waals surface area contributed by atoms with Crippen LogP contribution in [0.2, 0.25) is 0 Å². The topological polar surface area (TPSA) is 116 Å². The van der Waals surface area contributed by atoms with Gasteiger partial charge in [-0.3, -0.25) is 9.59 Å². The summed E-state index contributed by atoms with van der Waals surface area (Å²) in [5.74, 6) is 0.819. The van der Waals surface area contributed by atoms with Crippen molar-refractivity contribution in [2.45, 2.75) is 13.5 Å². The minimum Gasteiger partial charge on any atom is -0.457 e. The highest BCUT2D eigenvalue weighted by atomic mass is 16.5. The zero-order valence-electron chi connectivity index (χ0n) is 16.3. The van der Waals surface area contributed by atoms with E-state index >= 15 is 0 Å². The largest absolute Gasteiger partial charge is 0.457 e. The molecule has 0 fully saturated rings. The number of nitrogen functional groups attached to an aromatic ring is 1. The molecule has 4 N–H and O–H groups in total. The number of anilines is 1. The van der Waals surface area contributed by atoms with Crippen molar-refractivity contribution in [3.05, 3.63) is 60.2 Å². The standard InChI is InChI=1S/C21H23N5O3/c1-14(27)25(2)12-13-26-20(22)18(21(23)28)19(24-26)15-8-10-17(11-9-15)29-16-6-4-3-5-7-16/h3-11H,12-13,22H2,1-2H3,(H2,23,28). The van der Waals surface area contributed by atoms with Crippen LogP contribution in [0.4, 0.5) is 5.82 Å². The Hall–Kier alpha value is -3.81. The van der Waals surface area contributed by atoms with Gasteiger partial charge in [0.05, 0.1) is 6.54 Å². The average Bonchev–Trinajstić information content (AvgIpc) is 3.04. The van der Waals surface area contributed by atoms with E-state index in [1.165, 1.54) is 11.6 Å². The van der Waals surface area contributed by atoms with Gasteiger partial charge in [-0.05, 0) is 36.4 Å². The highest BCUT2D eigenvalue weighted by molar-refractivity contribution is 6.03. The summed E-state index contributed by atoms with van der Waals surface area (Å²) in [6.45, 7) is 2.23. The Kier molecular flexibility index (Phi) is 5.82. The molecule has 0 spiro atoms. The van der Waals surface area contributed by atoms with Crippen LogP contribution in [0.1, 0.15) is 17.3 Å². The fourth-order valence-corrected chi connectivity index (χ4v) is 2.80. The predicted molar refractivity (Wildman–Crippen MR) is 110 cm³/mol. The molecule has 3 aromatic rings. The summed E-state index contributed by atoms with van der Waals surface area (Å²) in [6.07, 6.45) is 0. The Balaban J connectivity index is 1.86. The molecule has 2 amide bonds. The van der Waals surface area contributed by atoms with Gasteiger partial charge in [-0.25, -0.2) is 4.68 Å². The van der Waals surface area contributed by atoms with E-state index in [9.17, 15) is 9.59 Å². The molecule has 0 bridgehead atoms. The molecule has 0 radical (unpaired) electrons. The first kappa shape index (κ1) is 19.9. The fourth-order valence-electron chi connectivity index (χ4n) is 2.80. The number of amides is 2. The van der Waals surface area contributed by atoms with E-state index in [1.807, 2.05) is 30.3 Å². The molecule has 150 valence electrons. The number of nitrogens with two attached hydrogens (primary N) is 2. The Bertz CT molecular complexity index is 1010. The fraction of sp³-hybridized carbons (Fsp3) is 0.190. The molecule has 3 rings (SSSR count). The van der Waals surface area contributed by atoms with Gasteiger partial charge >= 0.3 is 0 Å². The molecule has 29 heavy (non-hydrogen) atoms. The average molecular weight is 393 g/mol. The molecular weight excluding hydrogens is 370 g/mol. The molecule has 8 heteroatoms. The third-order valence-electron chi connectivity index (χ3n) is 4.53. The van der Waals surface area contributed by atoms with Crippen LogP contribution < -0.4 is 16.2 Å². The smallest absolute Gasteiger partial charge is 0.254 e. The first-order chi connectivity index (χ1) is 13.9. The van der Waals surface area contributed by atoms with Crippen LogP contribution in [0.15, 0.2) is 54.6 Å². The van der Waals surface area contributed by atoms with E-state index in [4.69, 9.17) is 16.2 Å². The van der Waals surface area contributed by atoms with Crippen molar-refractivity contribution in [2.24, 2.45) is 5.73 Å². The lowest BCUT2D eigenvalue weighted by molar-refractivity contribution is -0.127. The summed E-state index contributed by atoms with van der Waals surface area (Å²) in [5.41, 5.74) is 12.9. The Labute approximate surface area is 168 Å². The molecule has 0 atom stereocenters. The van der Waals surface area contributed by atoms with Crippen molar-refractivity contribution in [1.82, 2.24) is 14.7 Å². The third kappa shape index (κ3) is 4.55. The predicted octanol–water partition coefficient (Wildman–Crippen LogP) is 2.50. The molecule has 8 nitrogen and oxygen atoms in total. The normalized spacial score (nSPS) is 10.6. The molecule has 0 unspecified atom stereocenters. The second-order valence-corrected chi connectivity index (χ2v) is 6.58. The van der Waals surface area contributed by atoms with Gasteiger partial charge < -0.3 is 21.1 Å². The number of benzene rings is 2. The second kappa shape index (κ2) is 8.47. The highest BCUT2D eigenvalue weighted by Gasteiger charge is 2.21. The van der Waals surface area contributed by atoms with Crippen LogP contribution in [-0.2, 0) is 11.3 Å². The van der Waals surface area contributed by atoms with E-state index in [1.54, 1.807) is 36.2 Å². The Morgan fingerprint density at radius 2 is 1.69 bits per heavy atom. The van der Waals surface area contributed by atoms with E-state index in [-0.39, 0.29) is 17.3 Å². The number of rotatable bonds is 7. The summed E-state index contributed by atoms with van der Waals surface area (Å²) in [7, 11) is 1.68. The highest BCUT2D eigenvalue weighted by Crippen LogP contribution is 2.29. The van der Waals surface area contributed by atoms with Gasteiger partial charge in [0.25, 0.3) is 5.91 Å². The number of carbonyl (C=O) groups excluding carboxylic acids is 2. The monoisotopic (exact) mass is 393 g/mol. The Morgan fingerprint density at radius 1 is 1.07 bits per heavy atom. The quantitative estimate of drug-likeness (QED) is 0.640. The third-order valence-corrected chi connectivity index (χ3v) is 4.53. The van der Waals surface area contributed by atoms with Crippen molar-refractivity contribution in [3.8, 4) is 22.8 Å². The molecule has 0 saturated carbocycles. The van der Waals surface area contributed by atoms with E-state index in [2.05, 4.69) is 5.10 Å². The number of carbonyl (C=O) groups is 2. The summed E-state index contributed by atoms with van der Waals surface area (Å²) in [4.78, 5) is 24.9. The number of hydrogen-bond donors (Lipinski definition) is 2. The lowest BCUT2D eigenvalue weighted by Crippen LogP contribution is -2.28. The van der Waals surface area contributed by atoms with Gasteiger partial charge in [-0.15, -0.1) is 0 Å². The van der Waals surface area contributed by atoms with Crippen molar-refractivity contribution < 1.29 is 14.3 Å². The van der Waals surface area contributed by atoms with Crippen LogP contribution in [-0.4, -0.2) is 40.1 Å². The maximum absolute atomic E-state index is 12.0. The number of nitrogens with zero attached hydrogens (tertiary/aromatic N) is 3. The number of likely N-dealkylation sites (N-methyl/N-ethyl adjacent to an activating group) is 1. The lowest BCUT2D eigenvalue weighted by atomic mass is 10.1. The number of para-hydroxylation sites is 1. The molecule has 2 aromatic carbocycles. The van der Waals surface area contributed by atoms with Crippen LogP contribution in [0.25, 0.3) is 11.3 Å². The summed E-state index contributed by atoms with van der Waals surface area (Å²) >= 11 is 0. The number of primary amides is 1. The maximum Gasteiger partial charge on any atom is 0.254 e. The zero-order valence-corrected chi connectivity index (χ0v) is 16.3. The van der Waals surface area contributed by atoms with Crippen LogP contribution >= 0.6 is 0 Å². The van der Waals surface area contributed by atoms with Gasteiger partial charge in [-0.2, -0.15) is 5.10 Å². The molecule has 0 aliphatic rings. The minimum absolute atomic E-state index is 0.0694. The molecule has 1 heterocycles. The van der Waals surface area contributed by atoms with Crippen molar-refractivity contribution in [1.29, 1.82) is 0 Å². The summed E-state index contributed by atoms with van der Waals surface area (Å²) in [5, 5.41) is 4.46. The van der Waals surface area contributed by atoms with Crippen LogP contribution in [0.5, 0.6) is 11.5 Å². The van der Waals surface area contributed by atoms with Gasteiger partial charge in [0.1, 0.15) is 28.6 Å². The Morgan fingerprint density at radius 3 is 2.28 bits per heavy atom. The molecule has 1 aromatic heterocycles. The molecule has 0 saturated heterocycles. The molecular formula is C21H23N5O3. The second-order valence-electron chi connectivity index (χ2n) is 6.58. The van der Waals surface area contributed by atoms with Crippen LogP contribution in [0, 0.1) is 0 Å².